The average molecular weight is 771 g/mol. The summed E-state index contributed by atoms with van der Waals surface area (Å²) in [7, 11) is -7.08. The van der Waals surface area contributed by atoms with Crippen molar-refractivity contribution >= 4 is 27.1 Å². The number of hydrogen-bond acceptors (Lipinski definition) is 13. The summed E-state index contributed by atoms with van der Waals surface area (Å²) >= 11 is 0. The van der Waals surface area contributed by atoms with E-state index in [0.717, 1.165) is 0 Å². The van der Waals surface area contributed by atoms with E-state index in [4.69, 9.17) is 37.0 Å². The molecule has 2 aliphatic rings. The van der Waals surface area contributed by atoms with E-state index in [2.05, 4.69) is 0 Å². The first kappa shape index (κ1) is 44.0. The summed E-state index contributed by atoms with van der Waals surface area (Å²) in [4.78, 5) is 25.1. The monoisotopic (exact) mass is 770 g/mol. The highest BCUT2D eigenvalue weighted by Crippen LogP contribution is 2.60. The van der Waals surface area contributed by atoms with Crippen LogP contribution >= 0.6 is 15.2 Å². The fourth-order valence-electron chi connectivity index (χ4n) is 5.54. The van der Waals surface area contributed by atoms with Crippen molar-refractivity contribution in [3.8, 4) is 0 Å². The molecule has 0 amide bonds. The van der Waals surface area contributed by atoms with Crippen LogP contribution in [-0.4, -0.2) is 84.2 Å². The second-order valence-corrected chi connectivity index (χ2v) is 17.8. The zero-order chi connectivity index (χ0) is 38.6. The summed E-state index contributed by atoms with van der Waals surface area (Å²) in [5.74, 6) is -2.74. The SMILES string of the molecule is CC(C)OP(=O)(OC(C)C)[C@H]1C[C@@H](OC(=O)c2ccccc2)[C@@H](COC(=O)c2ccccc2)O1.CC[C@H]1O[C@@H](P(=O)(OC(C)C)OC(C)C)C[C@H]1O. The van der Waals surface area contributed by atoms with Crippen LogP contribution in [-0.2, 0) is 46.2 Å². The molecule has 0 unspecified atom stereocenters. The molecule has 0 bridgehead atoms. The van der Waals surface area contributed by atoms with E-state index < -0.39 is 57.1 Å². The summed E-state index contributed by atoms with van der Waals surface area (Å²) < 4.78 is 71.4. The molecule has 2 saturated heterocycles. The van der Waals surface area contributed by atoms with E-state index >= 15 is 0 Å². The van der Waals surface area contributed by atoms with Crippen molar-refractivity contribution in [2.75, 3.05) is 6.61 Å². The first-order chi connectivity index (χ1) is 24.5. The summed E-state index contributed by atoms with van der Waals surface area (Å²) in [6, 6.07) is 17.0. The minimum atomic E-state index is -3.73. The molecule has 2 aromatic carbocycles. The minimum Gasteiger partial charge on any atom is -0.459 e. The Kier molecular flexibility index (Phi) is 17.2. The Hall–Kier alpha value is -2.44. The zero-order valence-electron chi connectivity index (χ0n) is 31.6. The van der Waals surface area contributed by atoms with Crippen LogP contribution in [0.1, 0.15) is 102 Å². The quantitative estimate of drug-likeness (QED) is 0.129. The molecule has 292 valence electrons. The molecule has 0 radical (unpaired) electrons. The molecule has 2 heterocycles. The molecule has 0 saturated carbocycles. The Morgan fingerprint density at radius 2 is 1.08 bits per heavy atom. The number of esters is 2. The van der Waals surface area contributed by atoms with Gasteiger partial charge in [0.1, 0.15) is 18.8 Å². The smallest absolute Gasteiger partial charge is 0.359 e. The maximum atomic E-state index is 13.6. The van der Waals surface area contributed by atoms with Gasteiger partial charge in [-0.3, -0.25) is 9.13 Å². The van der Waals surface area contributed by atoms with Crippen LogP contribution in [0.15, 0.2) is 60.7 Å². The van der Waals surface area contributed by atoms with Crippen LogP contribution in [0.5, 0.6) is 0 Å². The molecular formula is C37H56O13P2. The van der Waals surface area contributed by atoms with E-state index in [-0.39, 0.29) is 43.5 Å². The fourth-order valence-corrected chi connectivity index (χ4v) is 10.1. The molecule has 2 fully saturated rings. The summed E-state index contributed by atoms with van der Waals surface area (Å²) in [5.41, 5.74) is 0.748. The lowest BCUT2D eigenvalue weighted by molar-refractivity contribution is -0.0367. The van der Waals surface area contributed by atoms with Crippen LogP contribution in [0.2, 0.25) is 0 Å². The van der Waals surface area contributed by atoms with Crippen LogP contribution in [0.4, 0.5) is 0 Å². The van der Waals surface area contributed by atoms with E-state index in [0.29, 0.717) is 24.0 Å². The van der Waals surface area contributed by atoms with Crippen LogP contribution in [0.25, 0.3) is 0 Å². The third-order valence-electron chi connectivity index (χ3n) is 7.58. The highest BCUT2D eigenvalue weighted by Gasteiger charge is 2.50. The predicted octanol–water partition coefficient (Wildman–Crippen LogP) is 8.14. The second kappa shape index (κ2) is 20.3. The maximum absolute atomic E-state index is 13.6. The van der Waals surface area contributed by atoms with Gasteiger partial charge in [0.25, 0.3) is 0 Å². The lowest BCUT2D eigenvalue weighted by atomic mass is 10.1. The first-order valence-electron chi connectivity index (χ1n) is 17.9. The maximum Gasteiger partial charge on any atom is 0.359 e. The van der Waals surface area contributed by atoms with Gasteiger partial charge in [0, 0.05) is 12.8 Å². The second-order valence-electron chi connectivity index (χ2n) is 13.7. The van der Waals surface area contributed by atoms with Crippen molar-refractivity contribution in [2.45, 2.75) is 142 Å². The predicted molar refractivity (Wildman–Crippen MR) is 195 cm³/mol. The first-order valence-corrected chi connectivity index (χ1v) is 21.1. The van der Waals surface area contributed by atoms with E-state index in [1.807, 2.05) is 6.92 Å². The molecule has 15 heteroatoms. The van der Waals surface area contributed by atoms with Crippen molar-refractivity contribution in [3.63, 3.8) is 0 Å². The highest BCUT2D eigenvalue weighted by molar-refractivity contribution is 7.54. The van der Waals surface area contributed by atoms with Crippen molar-refractivity contribution < 1.29 is 60.9 Å². The van der Waals surface area contributed by atoms with Crippen LogP contribution in [0, 0.1) is 0 Å². The number of hydrogen-bond donors (Lipinski definition) is 1. The molecule has 0 aromatic heterocycles. The largest absolute Gasteiger partial charge is 0.459 e. The molecular weight excluding hydrogens is 714 g/mol. The van der Waals surface area contributed by atoms with Crippen molar-refractivity contribution in [2.24, 2.45) is 0 Å². The van der Waals surface area contributed by atoms with Gasteiger partial charge < -0.3 is 42.1 Å². The fraction of sp³-hybridized carbons (Fsp3) is 0.622. The van der Waals surface area contributed by atoms with Crippen LogP contribution in [0.3, 0.4) is 0 Å². The molecule has 2 aliphatic heterocycles. The topological polar surface area (TPSA) is 162 Å². The molecule has 13 nitrogen and oxygen atoms in total. The Bertz CT molecular complexity index is 1460. The molecule has 4 rings (SSSR count). The molecule has 52 heavy (non-hydrogen) atoms. The van der Waals surface area contributed by atoms with Gasteiger partial charge in [-0.2, -0.15) is 0 Å². The lowest BCUT2D eigenvalue weighted by Crippen LogP contribution is -2.32. The number of aliphatic hydroxyl groups is 1. The Balaban J connectivity index is 0.000000341. The number of carbonyl (C=O) groups is 2. The summed E-state index contributed by atoms with van der Waals surface area (Å²) in [6.45, 7) is 15.9. The van der Waals surface area contributed by atoms with Crippen LogP contribution < -0.4 is 0 Å². The third-order valence-corrected chi connectivity index (χ3v) is 12.5. The summed E-state index contributed by atoms with van der Waals surface area (Å²) in [5, 5.41) is 9.83. The molecule has 0 spiro atoms. The number of aliphatic hydroxyl groups excluding tert-OH is 1. The van der Waals surface area contributed by atoms with Gasteiger partial charge in [0.2, 0.25) is 0 Å². The number of benzene rings is 2. The van der Waals surface area contributed by atoms with Gasteiger partial charge >= 0.3 is 27.1 Å². The molecule has 2 aromatic rings. The van der Waals surface area contributed by atoms with Crippen molar-refractivity contribution in [3.05, 3.63) is 71.8 Å². The van der Waals surface area contributed by atoms with Gasteiger partial charge in [-0.25, -0.2) is 9.59 Å². The van der Waals surface area contributed by atoms with Crippen molar-refractivity contribution in [1.82, 2.24) is 0 Å². The zero-order valence-corrected chi connectivity index (χ0v) is 33.4. The Morgan fingerprint density at radius 3 is 1.48 bits per heavy atom. The van der Waals surface area contributed by atoms with Crippen molar-refractivity contribution in [1.29, 1.82) is 0 Å². The van der Waals surface area contributed by atoms with E-state index in [1.165, 1.54) is 0 Å². The standard InChI is InChI=1S/C25H31O8P.C12H25O5P/c1-17(2)32-34(28,33-18(3)4)23-15-21(31-25(27)20-13-9-6-10-14-20)22(30-23)16-29-24(26)19-11-7-5-8-12-19;1-6-11-10(13)7-12(15-11)18(14,16-8(2)3)17-9(4)5/h5-14,17-18,21-23H,15-16H2,1-4H3;8-13H,6-7H2,1-5H3/t21-,22-,23+;10-,11-,12+/m11/s1. The van der Waals surface area contributed by atoms with Gasteiger partial charge in [-0.05, 0) is 86.1 Å². The lowest BCUT2D eigenvalue weighted by Gasteiger charge is -2.27. The normalized spacial score (nSPS) is 23.6. The number of rotatable bonds is 16. The molecule has 0 aliphatic carbocycles. The molecule has 1 N–H and O–H groups in total. The number of ether oxygens (including phenoxy) is 4. The molecule has 6 atom stereocenters. The summed E-state index contributed by atoms with van der Waals surface area (Å²) in [6.07, 6.45) is -2.67. The van der Waals surface area contributed by atoms with E-state index in [9.17, 15) is 23.8 Å². The Morgan fingerprint density at radius 1 is 0.673 bits per heavy atom. The van der Waals surface area contributed by atoms with E-state index in [1.54, 1.807) is 116 Å². The van der Waals surface area contributed by atoms with Gasteiger partial charge in [-0.1, -0.05) is 43.3 Å². The van der Waals surface area contributed by atoms with Gasteiger partial charge in [0.15, 0.2) is 11.7 Å². The van der Waals surface area contributed by atoms with Gasteiger partial charge in [-0.15, -0.1) is 0 Å². The third kappa shape index (κ3) is 13.1. The average Bonchev–Trinajstić information content (AvgIpc) is 3.66. The van der Waals surface area contributed by atoms with Gasteiger partial charge in [0.05, 0.1) is 47.8 Å². The Labute approximate surface area is 308 Å². The highest BCUT2D eigenvalue weighted by atomic mass is 31.2. The number of carbonyl (C=O) groups excluding carboxylic acids is 2. The minimum absolute atomic E-state index is 0.0723.